The van der Waals surface area contributed by atoms with Crippen molar-refractivity contribution in [3.8, 4) is 11.8 Å². The number of aryl methyl sites for hydroxylation is 1. The molecular formula is C11H9ClN4O. The van der Waals surface area contributed by atoms with Crippen molar-refractivity contribution in [2.75, 3.05) is 0 Å². The molecule has 17 heavy (non-hydrogen) atoms. The average molecular weight is 249 g/mol. The van der Waals surface area contributed by atoms with Crippen LogP contribution < -0.4 is 4.74 Å². The Labute approximate surface area is 103 Å². The van der Waals surface area contributed by atoms with Crippen molar-refractivity contribution in [1.29, 1.82) is 5.26 Å². The van der Waals surface area contributed by atoms with Gasteiger partial charge in [0, 0.05) is 13.1 Å². The second-order valence-electron chi connectivity index (χ2n) is 3.43. The number of nitriles is 1. The smallest absolute Gasteiger partial charge is 0.134 e. The molecule has 0 bridgehead atoms. The van der Waals surface area contributed by atoms with Crippen molar-refractivity contribution in [3.05, 3.63) is 40.7 Å². The van der Waals surface area contributed by atoms with Crippen molar-refractivity contribution in [1.82, 2.24) is 15.0 Å². The van der Waals surface area contributed by atoms with Crippen molar-refractivity contribution in [2.45, 2.75) is 6.61 Å². The van der Waals surface area contributed by atoms with Crippen LogP contribution >= 0.6 is 11.6 Å². The molecule has 0 aliphatic rings. The van der Waals surface area contributed by atoms with E-state index in [1.807, 2.05) is 6.07 Å². The summed E-state index contributed by atoms with van der Waals surface area (Å²) in [5.74, 6) is 0.597. The SMILES string of the molecule is Cn1cc(COc2ccc(C#N)c(Cl)c2)nn1. The van der Waals surface area contributed by atoms with Gasteiger partial charge in [-0.3, -0.25) is 4.68 Å². The maximum atomic E-state index is 8.72. The number of ether oxygens (including phenoxy) is 1. The van der Waals surface area contributed by atoms with Crippen LogP contribution in [0.2, 0.25) is 5.02 Å². The zero-order valence-corrected chi connectivity index (χ0v) is 9.85. The molecule has 0 amide bonds. The predicted octanol–water partition coefficient (Wildman–Crippen LogP) is 1.92. The van der Waals surface area contributed by atoms with Gasteiger partial charge in [0.1, 0.15) is 24.1 Å². The molecule has 2 rings (SSSR count). The van der Waals surface area contributed by atoms with Gasteiger partial charge in [-0.2, -0.15) is 5.26 Å². The van der Waals surface area contributed by atoms with E-state index in [0.29, 0.717) is 22.9 Å². The first-order valence-corrected chi connectivity index (χ1v) is 5.24. The van der Waals surface area contributed by atoms with E-state index < -0.39 is 0 Å². The molecule has 1 heterocycles. The molecule has 0 aliphatic carbocycles. The highest BCUT2D eigenvalue weighted by Gasteiger charge is 2.03. The van der Waals surface area contributed by atoms with Crippen LogP contribution in [0.3, 0.4) is 0 Å². The number of hydrogen-bond donors (Lipinski definition) is 0. The minimum atomic E-state index is 0.316. The van der Waals surface area contributed by atoms with Crippen molar-refractivity contribution in [3.63, 3.8) is 0 Å². The zero-order valence-electron chi connectivity index (χ0n) is 9.09. The van der Waals surface area contributed by atoms with Gasteiger partial charge < -0.3 is 4.74 Å². The third kappa shape index (κ3) is 2.74. The molecule has 5 nitrogen and oxygen atoms in total. The number of benzene rings is 1. The Morgan fingerprint density at radius 2 is 2.35 bits per heavy atom. The molecule has 0 unspecified atom stereocenters. The third-order valence-electron chi connectivity index (χ3n) is 2.10. The molecule has 0 N–H and O–H groups in total. The van der Waals surface area contributed by atoms with Crippen LogP contribution in [0, 0.1) is 11.3 Å². The fourth-order valence-electron chi connectivity index (χ4n) is 1.29. The van der Waals surface area contributed by atoms with E-state index in [9.17, 15) is 0 Å². The molecule has 0 radical (unpaired) electrons. The van der Waals surface area contributed by atoms with Gasteiger partial charge in [0.25, 0.3) is 0 Å². The first kappa shape index (κ1) is 11.4. The molecule has 6 heteroatoms. The van der Waals surface area contributed by atoms with Crippen LogP contribution in [0.25, 0.3) is 0 Å². The monoisotopic (exact) mass is 248 g/mol. The van der Waals surface area contributed by atoms with E-state index in [1.54, 1.807) is 36.1 Å². The lowest BCUT2D eigenvalue weighted by Crippen LogP contribution is -1.96. The minimum absolute atomic E-state index is 0.316. The van der Waals surface area contributed by atoms with Gasteiger partial charge in [0.05, 0.1) is 16.8 Å². The predicted molar refractivity (Wildman–Crippen MR) is 61.5 cm³/mol. The van der Waals surface area contributed by atoms with Gasteiger partial charge >= 0.3 is 0 Å². The van der Waals surface area contributed by atoms with Crippen LogP contribution in [0.5, 0.6) is 5.75 Å². The van der Waals surface area contributed by atoms with Gasteiger partial charge in [-0.15, -0.1) is 5.10 Å². The maximum Gasteiger partial charge on any atom is 0.134 e. The molecule has 2 aromatic rings. The van der Waals surface area contributed by atoms with Crippen molar-refractivity contribution >= 4 is 11.6 Å². The number of halogens is 1. The fraction of sp³-hybridized carbons (Fsp3) is 0.182. The minimum Gasteiger partial charge on any atom is -0.487 e. The quantitative estimate of drug-likeness (QED) is 0.832. The number of hydrogen-bond acceptors (Lipinski definition) is 4. The first-order valence-electron chi connectivity index (χ1n) is 4.86. The van der Waals surface area contributed by atoms with E-state index in [1.165, 1.54) is 0 Å². The molecule has 0 atom stereocenters. The largest absolute Gasteiger partial charge is 0.487 e. The molecule has 0 spiro atoms. The summed E-state index contributed by atoms with van der Waals surface area (Å²) in [6, 6.07) is 6.91. The lowest BCUT2D eigenvalue weighted by molar-refractivity contribution is 0.301. The molecule has 1 aromatic carbocycles. The summed E-state index contributed by atoms with van der Waals surface area (Å²) >= 11 is 5.88. The summed E-state index contributed by atoms with van der Waals surface area (Å²) in [5, 5.41) is 16.8. The van der Waals surface area contributed by atoms with Crippen LogP contribution in [-0.2, 0) is 13.7 Å². The summed E-state index contributed by atoms with van der Waals surface area (Å²) < 4.78 is 7.08. The molecule has 0 fully saturated rings. The summed E-state index contributed by atoms with van der Waals surface area (Å²) in [5.41, 5.74) is 1.16. The maximum absolute atomic E-state index is 8.72. The number of aromatic nitrogens is 3. The second-order valence-corrected chi connectivity index (χ2v) is 3.83. The standard InChI is InChI=1S/C11H9ClN4O/c1-16-6-9(14-15-16)7-17-10-3-2-8(5-13)11(12)4-10/h2-4,6H,7H2,1H3. The highest BCUT2D eigenvalue weighted by molar-refractivity contribution is 6.31. The van der Waals surface area contributed by atoms with Gasteiger partial charge in [-0.1, -0.05) is 16.8 Å². The normalized spacial score (nSPS) is 9.94. The Hall–Kier alpha value is -2.06. The third-order valence-corrected chi connectivity index (χ3v) is 2.41. The molecule has 0 saturated carbocycles. The Morgan fingerprint density at radius 1 is 1.53 bits per heavy atom. The van der Waals surface area contributed by atoms with E-state index in [0.717, 1.165) is 5.69 Å². The summed E-state index contributed by atoms with van der Waals surface area (Å²) in [4.78, 5) is 0. The summed E-state index contributed by atoms with van der Waals surface area (Å²) in [6.07, 6.45) is 1.77. The lowest BCUT2D eigenvalue weighted by Gasteiger charge is -2.04. The Balaban J connectivity index is 2.05. The highest BCUT2D eigenvalue weighted by Crippen LogP contribution is 2.22. The van der Waals surface area contributed by atoms with Gasteiger partial charge in [0.2, 0.25) is 0 Å². The first-order chi connectivity index (χ1) is 8.19. The van der Waals surface area contributed by atoms with E-state index in [4.69, 9.17) is 21.6 Å². The lowest BCUT2D eigenvalue weighted by atomic mass is 10.2. The Bertz CT molecular complexity index is 573. The molecule has 1 aromatic heterocycles. The average Bonchev–Trinajstić information content (AvgIpc) is 2.73. The van der Waals surface area contributed by atoms with Gasteiger partial charge in [-0.25, -0.2) is 0 Å². The number of nitrogens with zero attached hydrogens (tertiary/aromatic N) is 4. The molecular weight excluding hydrogens is 240 g/mol. The zero-order chi connectivity index (χ0) is 12.3. The van der Waals surface area contributed by atoms with Crippen LogP contribution in [0.15, 0.2) is 24.4 Å². The second kappa shape index (κ2) is 4.85. The van der Waals surface area contributed by atoms with E-state index >= 15 is 0 Å². The molecule has 86 valence electrons. The summed E-state index contributed by atoms with van der Waals surface area (Å²) in [6.45, 7) is 0.316. The van der Waals surface area contributed by atoms with Crippen LogP contribution in [0.4, 0.5) is 0 Å². The van der Waals surface area contributed by atoms with Crippen LogP contribution in [-0.4, -0.2) is 15.0 Å². The van der Waals surface area contributed by atoms with Crippen molar-refractivity contribution < 1.29 is 4.74 Å². The fourth-order valence-corrected chi connectivity index (χ4v) is 1.51. The molecule has 0 saturated heterocycles. The van der Waals surface area contributed by atoms with E-state index in [2.05, 4.69) is 10.3 Å². The summed E-state index contributed by atoms with van der Waals surface area (Å²) in [7, 11) is 1.79. The Morgan fingerprint density at radius 3 is 2.94 bits per heavy atom. The number of rotatable bonds is 3. The Kier molecular flexibility index (Phi) is 3.26. The van der Waals surface area contributed by atoms with Crippen LogP contribution in [0.1, 0.15) is 11.3 Å². The van der Waals surface area contributed by atoms with Gasteiger partial charge in [0.15, 0.2) is 0 Å². The molecule has 0 aliphatic heterocycles. The van der Waals surface area contributed by atoms with Crippen molar-refractivity contribution in [2.24, 2.45) is 7.05 Å². The van der Waals surface area contributed by atoms with Gasteiger partial charge in [-0.05, 0) is 12.1 Å². The van der Waals surface area contributed by atoms with E-state index in [-0.39, 0.29) is 0 Å². The highest BCUT2D eigenvalue weighted by atomic mass is 35.5. The topological polar surface area (TPSA) is 63.7 Å².